The summed E-state index contributed by atoms with van der Waals surface area (Å²) < 4.78 is 13.2. The number of hydrogen-bond acceptors (Lipinski definition) is 5. The molecular weight excluding hydrogens is 400 g/mol. The number of carbonyl (C=O) groups excluding carboxylic acids is 2. The maximum atomic E-state index is 12.5. The fourth-order valence-corrected chi connectivity index (χ4v) is 4.28. The number of fused-ring (bicyclic) bond motifs is 1. The van der Waals surface area contributed by atoms with Crippen LogP contribution in [-0.2, 0) is 27.2 Å². The van der Waals surface area contributed by atoms with Gasteiger partial charge in [-0.3, -0.25) is 4.79 Å². The highest BCUT2D eigenvalue weighted by Crippen LogP contribution is 2.20. The number of carbonyl (C=O) groups is 2. The Bertz CT molecular complexity index is 1070. The number of ether oxygens (including phenoxy) is 2. The van der Waals surface area contributed by atoms with Crippen LogP contribution < -0.4 is 4.80 Å². The van der Waals surface area contributed by atoms with Gasteiger partial charge in [-0.25, -0.2) is 4.79 Å². The molecule has 0 fully saturated rings. The van der Waals surface area contributed by atoms with Gasteiger partial charge in [0.15, 0.2) is 4.80 Å². The molecule has 0 radical (unpaired) electrons. The predicted molar refractivity (Wildman–Crippen MR) is 118 cm³/mol. The molecule has 0 aliphatic carbocycles. The first kappa shape index (κ1) is 21.9. The minimum atomic E-state index is -0.387. The standard InChI is InChI=1S/C23H26N2O4S/c1-3-29-15-14-25-19-13-12-18(22(27)28-2)16-20(19)30-23(25)24-21(26)11-7-10-17-8-5-4-6-9-17/h4-6,8-9,12-13,16H,3,7,10-11,14-15H2,1-2H3. The lowest BCUT2D eigenvalue weighted by Gasteiger charge is -2.06. The lowest BCUT2D eigenvalue weighted by Crippen LogP contribution is -2.19. The molecule has 0 bridgehead atoms. The van der Waals surface area contributed by atoms with E-state index >= 15 is 0 Å². The molecule has 158 valence electrons. The summed E-state index contributed by atoms with van der Waals surface area (Å²) in [5.41, 5.74) is 2.61. The number of methoxy groups -OCH3 is 1. The summed E-state index contributed by atoms with van der Waals surface area (Å²) in [6.45, 7) is 3.68. The zero-order valence-corrected chi connectivity index (χ0v) is 18.1. The van der Waals surface area contributed by atoms with Crippen LogP contribution >= 0.6 is 11.3 Å². The minimum absolute atomic E-state index is 0.143. The van der Waals surface area contributed by atoms with E-state index in [4.69, 9.17) is 9.47 Å². The molecule has 30 heavy (non-hydrogen) atoms. The summed E-state index contributed by atoms with van der Waals surface area (Å²) in [5, 5.41) is 0. The Balaban J connectivity index is 1.82. The molecule has 0 unspecified atom stereocenters. The van der Waals surface area contributed by atoms with E-state index < -0.39 is 0 Å². The first-order valence-electron chi connectivity index (χ1n) is 10.0. The van der Waals surface area contributed by atoms with E-state index in [1.165, 1.54) is 24.0 Å². The third-order valence-electron chi connectivity index (χ3n) is 4.69. The molecule has 3 aromatic rings. The lowest BCUT2D eigenvalue weighted by atomic mass is 10.1. The molecule has 6 nitrogen and oxygen atoms in total. The third-order valence-corrected chi connectivity index (χ3v) is 5.73. The Morgan fingerprint density at radius 3 is 2.67 bits per heavy atom. The van der Waals surface area contributed by atoms with E-state index in [9.17, 15) is 9.59 Å². The quantitative estimate of drug-likeness (QED) is 0.383. The van der Waals surface area contributed by atoms with Crippen molar-refractivity contribution in [1.82, 2.24) is 4.57 Å². The van der Waals surface area contributed by atoms with Crippen LogP contribution in [0.4, 0.5) is 0 Å². The highest BCUT2D eigenvalue weighted by Gasteiger charge is 2.12. The third kappa shape index (κ3) is 5.64. The average molecular weight is 427 g/mol. The van der Waals surface area contributed by atoms with E-state index in [0.29, 0.717) is 36.5 Å². The zero-order chi connectivity index (χ0) is 21.3. The summed E-state index contributed by atoms with van der Waals surface area (Å²) in [7, 11) is 1.36. The summed E-state index contributed by atoms with van der Waals surface area (Å²) >= 11 is 1.39. The largest absolute Gasteiger partial charge is 0.465 e. The average Bonchev–Trinajstić information content (AvgIpc) is 3.10. The van der Waals surface area contributed by atoms with Gasteiger partial charge in [0, 0.05) is 19.6 Å². The number of benzene rings is 2. The van der Waals surface area contributed by atoms with Gasteiger partial charge in [0.25, 0.3) is 0 Å². The number of aryl methyl sites for hydroxylation is 1. The molecule has 0 aliphatic rings. The number of nitrogens with zero attached hydrogens (tertiary/aromatic N) is 2. The lowest BCUT2D eigenvalue weighted by molar-refractivity contribution is -0.118. The maximum Gasteiger partial charge on any atom is 0.337 e. The second kappa shape index (κ2) is 10.8. The Hall–Kier alpha value is -2.77. The molecule has 0 saturated heterocycles. The van der Waals surface area contributed by atoms with Crippen molar-refractivity contribution in [3.63, 3.8) is 0 Å². The van der Waals surface area contributed by atoms with Gasteiger partial charge in [-0.2, -0.15) is 4.99 Å². The smallest absolute Gasteiger partial charge is 0.337 e. The van der Waals surface area contributed by atoms with E-state index in [1.807, 2.05) is 35.8 Å². The van der Waals surface area contributed by atoms with Crippen LogP contribution in [0.5, 0.6) is 0 Å². The van der Waals surface area contributed by atoms with E-state index in [-0.39, 0.29) is 11.9 Å². The van der Waals surface area contributed by atoms with Crippen molar-refractivity contribution in [3.05, 3.63) is 64.5 Å². The van der Waals surface area contributed by atoms with Crippen LogP contribution in [0.25, 0.3) is 10.2 Å². The van der Waals surface area contributed by atoms with E-state index in [2.05, 4.69) is 17.1 Å². The highest BCUT2D eigenvalue weighted by molar-refractivity contribution is 7.16. The van der Waals surface area contributed by atoms with Crippen molar-refractivity contribution in [3.8, 4) is 0 Å². The highest BCUT2D eigenvalue weighted by atomic mass is 32.1. The zero-order valence-electron chi connectivity index (χ0n) is 17.3. The molecule has 0 saturated carbocycles. The van der Waals surface area contributed by atoms with Crippen LogP contribution in [0.3, 0.4) is 0 Å². The minimum Gasteiger partial charge on any atom is -0.465 e. The first-order valence-corrected chi connectivity index (χ1v) is 10.8. The van der Waals surface area contributed by atoms with Gasteiger partial charge in [-0.1, -0.05) is 41.7 Å². The Morgan fingerprint density at radius 1 is 1.13 bits per heavy atom. The number of aromatic nitrogens is 1. The van der Waals surface area contributed by atoms with Crippen molar-refractivity contribution in [1.29, 1.82) is 0 Å². The van der Waals surface area contributed by atoms with Gasteiger partial charge in [0.2, 0.25) is 5.91 Å². The summed E-state index contributed by atoms with van der Waals surface area (Å²) in [5.74, 6) is -0.530. The fourth-order valence-electron chi connectivity index (χ4n) is 3.17. The van der Waals surface area contributed by atoms with Crippen molar-refractivity contribution >= 4 is 33.4 Å². The summed E-state index contributed by atoms with van der Waals surface area (Å²) in [6.07, 6.45) is 1.99. The molecule has 0 N–H and O–H groups in total. The molecule has 1 amide bonds. The van der Waals surface area contributed by atoms with Crippen LogP contribution in [-0.4, -0.2) is 36.8 Å². The molecule has 0 spiro atoms. The molecule has 0 atom stereocenters. The van der Waals surface area contributed by atoms with Crippen molar-refractivity contribution < 1.29 is 19.1 Å². The van der Waals surface area contributed by atoms with Gasteiger partial charge >= 0.3 is 5.97 Å². The van der Waals surface area contributed by atoms with Crippen molar-refractivity contribution in [2.24, 2.45) is 4.99 Å². The maximum absolute atomic E-state index is 12.5. The number of hydrogen-bond donors (Lipinski definition) is 0. The van der Waals surface area contributed by atoms with Crippen molar-refractivity contribution in [2.75, 3.05) is 20.3 Å². The number of esters is 1. The second-order valence-electron chi connectivity index (χ2n) is 6.75. The molecule has 1 heterocycles. The van der Waals surface area contributed by atoms with Gasteiger partial charge in [-0.05, 0) is 43.5 Å². The normalized spacial score (nSPS) is 11.7. The van der Waals surface area contributed by atoms with Crippen molar-refractivity contribution in [2.45, 2.75) is 32.7 Å². The van der Waals surface area contributed by atoms with Gasteiger partial charge < -0.3 is 14.0 Å². The van der Waals surface area contributed by atoms with Crippen LogP contribution in [0, 0.1) is 0 Å². The molecule has 7 heteroatoms. The molecular formula is C23H26N2O4S. The SMILES string of the molecule is CCOCCn1c(=NC(=O)CCCc2ccccc2)sc2cc(C(=O)OC)ccc21. The van der Waals surface area contributed by atoms with Gasteiger partial charge in [-0.15, -0.1) is 0 Å². The number of rotatable bonds is 9. The van der Waals surface area contributed by atoms with Crippen LogP contribution in [0.2, 0.25) is 0 Å². The van der Waals surface area contributed by atoms with E-state index in [0.717, 1.165) is 23.1 Å². The predicted octanol–water partition coefficient (Wildman–Crippen LogP) is 3.98. The summed E-state index contributed by atoms with van der Waals surface area (Å²) in [6, 6.07) is 15.5. The first-order chi connectivity index (χ1) is 14.6. The van der Waals surface area contributed by atoms with Gasteiger partial charge in [0.1, 0.15) is 0 Å². The monoisotopic (exact) mass is 426 g/mol. The Labute approximate surface area is 179 Å². The fraction of sp³-hybridized carbons (Fsp3) is 0.348. The summed E-state index contributed by atoms with van der Waals surface area (Å²) in [4.78, 5) is 29.3. The Kier molecular flexibility index (Phi) is 7.93. The molecule has 3 rings (SSSR count). The van der Waals surface area contributed by atoms with E-state index in [1.54, 1.807) is 12.1 Å². The molecule has 1 aromatic heterocycles. The number of thiazole rings is 1. The molecule has 0 aliphatic heterocycles. The Morgan fingerprint density at radius 2 is 1.93 bits per heavy atom. The van der Waals surface area contributed by atoms with Gasteiger partial charge in [0.05, 0.1) is 29.5 Å². The topological polar surface area (TPSA) is 69.9 Å². The van der Waals surface area contributed by atoms with Crippen LogP contribution in [0.15, 0.2) is 53.5 Å². The number of amides is 1. The molecule has 2 aromatic carbocycles. The second-order valence-corrected chi connectivity index (χ2v) is 7.76. The van der Waals surface area contributed by atoms with Crippen LogP contribution in [0.1, 0.15) is 35.7 Å².